The molecule has 154 valence electrons. The lowest BCUT2D eigenvalue weighted by molar-refractivity contribution is 0.102. The Kier molecular flexibility index (Phi) is 5.42. The molecular formula is C21H23N7O2. The van der Waals surface area contributed by atoms with Crippen molar-refractivity contribution in [2.24, 2.45) is 7.05 Å². The van der Waals surface area contributed by atoms with Crippen molar-refractivity contribution in [3.63, 3.8) is 0 Å². The van der Waals surface area contributed by atoms with Crippen molar-refractivity contribution in [3.05, 3.63) is 64.2 Å². The fourth-order valence-corrected chi connectivity index (χ4v) is 3.30. The number of amides is 1. The average Bonchev–Trinajstić information content (AvgIpc) is 3.26. The van der Waals surface area contributed by atoms with Gasteiger partial charge in [-0.2, -0.15) is 10.1 Å². The number of nitrogens with zero attached hydrogens (tertiary/aromatic N) is 5. The Labute approximate surface area is 173 Å². The largest absolute Gasteiger partial charge is 0.356 e. The Morgan fingerprint density at radius 1 is 1.00 bits per heavy atom. The predicted molar refractivity (Wildman–Crippen MR) is 115 cm³/mol. The van der Waals surface area contributed by atoms with Crippen LogP contribution >= 0.6 is 0 Å². The van der Waals surface area contributed by atoms with E-state index in [9.17, 15) is 9.59 Å². The fourth-order valence-electron chi connectivity index (χ4n) is 3.30. The van der Waals surface area contributed by atoms with Crippen LogP contribution in [0.25, 0.3) is 0 Å². The molecule has 0 radical (unpaired) electrons. The maximum Gasteiger partial charge on any atom is 0.276 e. The minimum absolute atomic E-state index is 0.168. The molecule has 1 aliphatic heterocycles. The van der Waals surface area contributed by atoms with E-state index in [0.29, 0.717) is 11.6 Å². The number of rotatable bonds is 5. The highest BCUT2D eigenvalue weighted by atomic mass is 16.2. The minimum Gasteiger partial charge on any atom is -0.356 e. The van der Waals surface area contributed by atoms with Crippen molar-refractivity contribution in [1.82, 2.24) is 19.7 Å². The summed E-state index contributed by atoms with van der Waals surface area (Å²) >= 11 is 0. The number of aryl methyl sites for hydroxylation is 2. The van der Waals surface area contributed by atoms with Crippen LogP contribution in [-0.4, -0.2) is 38.7 Å². The van der Waals surface area contributed by atoms with Gasteiger partial charge < -0.3 is 15.5 Å². The van der Waals surface area contributed by atoms with E-state index in [2.05, 4.69) is 30.6 Å². The Hall–Kier alpha value is -3.75. The van der Waals surface area contributed by atoms with Crippen LogP contribution in [0, 0.1) is 6.92 Å². The number of benzene rings is 1. The zero-order chi connectivity index (χ0) is 21.1. The molecule has 3 heterocycles. The van der Waals surface area contributed by atoms with E-state index in [0.717, 1.165) is 35.0 Å². The molecule has 0 saturated carbocycles. The van der Waals surface area contributed by atoms with Gasteiger partial charge in [-0.05, 0) is 50.1 Å². The van der Waals surface area contributed by atoms with E-state index in [4.69, 9.17) is 0 Å². The summed E-state index contributed by atoms with van der Waals surface area (Å²) in [6, 6.07) is 11.9. The topological polar surface area (TPSA) is 105 Å². The van der Waals surface area contributed by atoms with Crippen LogP contribution in [0.4, 0.5) is 23.1 Å². The molecule has 1 saturated heterocycles. The van der Waals surface area contributed by atoms with E-state index in [1.165, 1.54) is 32.0 Å². The maximum absolute atomic E-state index is 12.3. The summed E-state index contributed by atoms with van der Waals surface area (Å²) in [4.78, 5) is 35.1. The third-order valence-corrected chi connectivity index (χ3v) is 4.86. The number of nitrogens with one attached hydrogen (secondary N) is 2. The average molecular weight is 405 g/mol. The van der Waals surface area contributed by atoms with Crippen LogP contribution in [0.3, 0.4) is 0 Å². The fraction of sp³-hybridized carbons (Fsp3) is 0.286. The predicted octanol–water partition coefficient (Wildman–Crippen LogP) is 2.47. The summed E-state index contributed by atoms with van der Waals surface area (Å²) in [6.45, 7) is 4.00. The van der Waals surface area contributed by atoms with Crippen LogP contribution in [0.2, 0.25) is 0 Å². The molecule has 0 unspecified atom stereocenters. The molecule has 1 fully saturated rings. The van der Waals surface area contributed by atoms with Crippen molar-refractivity contribution in [2.45, 2.75) is 19.8 Å². The zero-order valence-electron chi connectivity index (χ0n) is 16.9. The van der Waals surface area contributed by atoms with Crippen LogP contribution in [0.5, 0.6) is 0 Å². The van der Waals surface area contributed by atoms with E-state index in [1.54, 1.807) is 12.1 Å². The lowest BCUT2D eigenvalue weighted by Gasteiger charge is -2.17. The normalized spacial score (nSPS) is 13.3. The second-order valence-corrected chi connectivity index (χ2v) is 7.22. The first-order chi connectivity index (χ1) is 14.5. The quantitative estimate of drug-likeness (QED) is 0.672. The Morgan fingerprint density at radius 3 is 2.40 bits per heavy atom. The molecule has 0 aliphatic carbocycles. The van der Waals surface area contributed by atoms with Gasteiger partial charge in [0.1, 0.15) is 11.5 Å². The van der Waals surface area contributed by atoms with Crippen molar-refractivity contribution in [1.29, 1.82) is 0 Å². The number of hydrogen-bond donors (Lipinski definition) is 2. The first-order valence-electron chi connectivity index (χ1n) is 9.81. The molecule has 4 rings (SSSR count). The highest BCUT2D eigenvalue weighted by Gasteiger charge is 2.15. The number of carbonyl (C=O) groups excluding carboxylic acids is 1. The molecular weight excluding hydrogens is 382 g/mol. The van der Waals surface area contributed by atoms with E-state index < -0.39 is 0 Å². The summed E-state index contributed by atoms with van der Waals surface area (Å²) < 4.78 is 1.13. The maximum atomic E-state index is 12.3. The van der Waals surface area contributed by atoms with Crippen LogP contribution in [0.1, 0.15) is 29.0 Å². The molecule has 1 aliphatic rings. The molecule has 9 nitrogen and oxygen atoms in total. The summed E-state index contributed by atoms with van der Waals surface area (Å²) in [5, 5.41) is 9.94. The molecule has 0 bridgehead atoms. The standard InChI is InChI=1S/C21H23N7O2/c1-14-13-18(28-11-3-4-12-28)25-21(22-14)24-16-7-5-15(6-8-16)23-20(30)17-9-10-19(29)27(2)26-17/h5-10,13H,3-4,11-12H2,1-2H3,(H,23,30)(H,22,24,25). The zero-order valence-corrected chi connectivity index (χ0v) is 16.9. The Balaban J connectivity index is 1.44. The first kappa shape index (κ1) is 19.6. The van der Waals surface area contributed by atoms with Crippen molar-refractivity contribution >= 4 is 29.0 Å². The molecule has 30 heavy (non-hydrogen) atoms. The van der Waals surface area contributed by atoms with Crippen LogP contribution in [-0.2, 0) is 7.05 Å². The van der Waals surface area contributed by atoms with Crippen LogP contribution < -0.4 is 21.1 Å². The third kappa shape index (κ3) is 4.45. The van der Waals surface area contributed by atoms with Gasteiger partial charge in [0, 0.05) is 49.3 Å². The van der Waals surface area contributed by atoms with E-state index in [1.807, 2.05) is 25.1 Å². The van der Waals surface area contributed by atoms with Gasteiger partial charge in [0.15, 0.2) is 0 Å². The molecule has 1 amide bonds. The summed E-state index contributed by atoms with van der Waals surface area (Å²) in [7, 11) is 1.50. The monoisotopic (exact) mass is 405 g/mol. The van der Waals surface area contributed by atoms with E-state index >= 15 is 0 Å². The summed E-state index contributed by atoms with van der Waals surface area (Å²) in [5.74, 6) is 1.10. The van der Waals surface area contributed by atoms with Crippen molar-refractivity contribution in [3.8, 4) is 0 Å². The summed E-state index contributed by atoms with van der Waals surface area (Å²) in [5.41, 5.74) is 2.23. The number of anilines is 4. The first-order valence-corrected chi connectivity index (χ1v) is 9.81. The Bertz CT molecular complexity index is 1120. The lowest BCUT2D eigenvalue weighted by Crippen LogP contribution is -2.23. The van der Waals surface area contributed by atoms with Crippen LogP contribution in [0.15, 0.2) is 47.3 Å². The molecule has 3 aromatic rings. The smallest absolute Gasteiger partial charge is 0.276 e. The molecule has 9 heteroatoms. The SMILES string of the molecule is Cc1cc(N2CCCC2)nc(Nc2ccc(NC(=O)c3ccc(=O)n(C)n3)cc2)n1. The highest BCUT2D eigenvalue weighted by Crippen LogP contribution is 2.22. The third-order valence-electron chi connectivity index (χ3n) is 4.86. The van der Waals surface area contributed by atoms with Gasteiger partial charge in [0.2, 0.25) is 5.95 Å². The molecule has 0 spiro atoms. The molecule has 2 aromatic heterocycles. The van der Waals surface area contributed by atoms with Gasteiger partial charge in [-0.3, -0.25) is 9.59 Å². The second-order valence-electron chi connectivity index (χ2n) is 7.22. The van der Waals surface area contributed by atoms with Gasteiger partial charge in [0.25, 0.3) is 11.5 Å². The molecule has 1 aromatic carbocycles. The number of carbonyl (C=O) groups is 1. The van der Waals surface area contributed by atoms with Gasteiger partial charge in [0.05, 0.1) is 0 Å². The van der Waals surface area contributed by atoms with E-state index in [-0.39, 0.29) is 17.2 Å². The molecule has 0 atom stereocenters. The molecule has 2 N–H and O–H groups in total. The summed E-state index contributed by atoms with van der Waals surface area (Å²) in [6.07, 6.45) is 2.38. The minimum atomic E-state index is -0.386. The Morgan fingerprint density at radius 2 is 1.70 bits per heavy atom. The van der Waals surface area contributed by atoms with Crippen molar-refractivity contribution < 1.29 is 4.79 Å². The number of hydrogen-bond acceptors (Lipinski definition) is 7. The second kappa shape index (κ2) is 8.32. The van der Waals surface area contributed by atoms with Gasteiger partial charge >= 0.3 is 0 Å². The number of aromatic nitrogens is 4. The van der Waals surface area contributed by atoms with Gasteiger partial charge in [-0.1, -0.05) is 0 Å². The van der Waals surface area contributed by atoms with Gasteiger partial charge in [-0.15, -0.1) is 0 Å². The van der Waals surface area contributed by atoms with Crippen molar-refractivity contribution in [2.75, 3.05) is 28.6 Å². The lowest BCUT2D eigenvalue weighted by atomic mass is 10.2. The van der Waals surface area contributed by atoms with Gasteiger partial charge in [-0.25, -0.2) is 9.67 Å². The highest BCUT2D eigenvalue weighted by molar-refractivity contribution is 6.02.